The highest BCUT2D eigenvalue weighted by Crippen LogP contribution is 2.28. The maximum absolute atomic E-state index is 12.9. The van der Waals surface area contributed by atoms with Gasteiger partial charge in [0.1, 0.15) is 5.69 Å². The molecule has 0 aliphatic rings. The van der Waals surface area contributed by atoms with Crippen molar-refractivity contribution >= 4 is 22.4 Å². The molecule has 0 spiro atoms. The third kappa shape index (κ3) is 4.70. The number of nitrogens with zero attached hydrogens (tertiary/aromatic N) is 3. The highest BCUT2D eigenvalue weighted by atomic mass is 32.1. The number of fused-ring (bicyclic) bond motifs is 1. The van der Waals surface area contributed by atoms with Crippen LogP contribution in [0, 0.1) is 5.92 Å². The molecule has 0 unspecified atom stereocenters. The van der Waals surface area contributed by atoms with Crippen molar-refractivity contribution in [2.24, 2.45) is 5.92 Å². The van der Waals surface area contributed by atoms with Crippen LogP contribution in [-0.4, -0.2) is 28.3 Å². The number of aromatic nitrogens is 3. The van der Waals surface area contributed by atoms with Gasteiger partial charge in [0.25, 0.3) is 11.1 Å². The molecule has 2 aromatic carbocycles. The van der Waals surface area contributed by atoms with Gasteiger partial charge in [-0.15, -0.1) is 0 Å². The summed E-state index contributed by atoms with van der Waals surface area (Å²) < 4.78 is 12.9. The molecule has 0 bridgehead atoms. The first-order chi connectivity index (χ1) is 15.4. The van der Waals surface area contributed by atoms with Gasteiger partial charge in [0.2, 0.25) is 4.96 Å². The molecule has 0 atom stereocenters. The fourth-order valence-corrected chi connectivity index (χ4v) is 4.05. The molecule has 7 nitrogen and oxygen atoms in total. The number of thiazole rings is 1. The van der Waals surface area contributed by atoms with Crippen LogP contribution in [0.4, 0.5) is 0 Å². The van der Waals surface area contributed by atoms with E-state index in [9.17, 15) is 9.59 Å². The van der Waals surface area contributed by atoms with Gasteiger partial charge in [0.15, 0.2) is 11.5 Å². The maximum atomic E-state index is 12.9. The van der Waals surface area contributed by atoms with E-state index in [1.54, 1.807) is 13.2 Å². The molecule has 0 saturated carbocycles. The Morgan fingerprint density at radius 3 is 2.59 bits per heavy atom. The Morgan fingerprint density at radius 2 is 1.88 bits per heavy atom. The summed E-state index contributed by atoms with van der Waals surface area (Å²) in [4.78, 5) is 29.7. The van der Waals surface area contributed by atoms with E-state index in [4.69, 9.17) is 9.47 Å². The van der Waals surface area contributed by atoms with Crippen molar-refractivity contribution in [3.05, 3.63) is 90.6 Å². The lowest BCUT2D eigenvalue weighted by Gasteiger charge is -2.12. The van der Waals surface area contributed by atoms with Crippen LogP contribution < -0.4 is 25.1 Å². The van der Waals surface area contributed by atoms with E-state index >= 15 is 0 Å². The average molecular weight is 450 g/mol. The van der Waals surface area contributed by atoms with Gasteiger partial charge in [-0.2, -0.15) is 14.6 Å². The number of rotatable bonds is 7. The minimum atomic E-state index is -0.421. The van der Waals surface area contributed by atoms with Crippen molar-refractivity contribution in [1.29, 1.82) is 0 Å². The predicted octanol–water partition coefficient (Wildman–Crippen LogP) is 2.69. The average Bonchev–Trinajstić information content (AvgIpc) is 3.07. The molecular weight excluding hydrogens is 426 g/mol. The van der Waals surface area contributed by atoms with Gasteiger partial charge in [-0.25, -0.2) is 0 Å². The number of benzene rings is 2. The summed E-state index contributed by atoms with van der Waals surface area (Å²) in [5.41, 5.74) is 1.21. The molecule has 32 heavy (non-hydrogen) atoms. The van der Waals surface area contributed by atoms with Gasteiger partial charge in [0, 0.05) is 6.42 Å². The van der Waals surface area contributed by atoms with Crippen LogP contribution in [0.5, 0.6) is 11.5 Å². The van der Waals surface area contributed by atoms with Gasteiger partial charge < -0.3 is 9.47 Å². The molecule has 0 amide bonds. The van der Waals surface area contributed by atoms with Gasteiger partial charge in [-0.05, 0) is 35.3 Å². The smallest absolute Gasteiger partial charge is 0.296 e. The van der Waals surface area contributed by atoms with E-state index in [1.165, 1.54) is 4.52 Å². The Labute approximate surface area is 188 Å². The van der Waals surface area contributed by atoms with Gasteiger partial charge in [0.05, 0.1) is 18.2 Å². The van der Waals surface area contributed by atoms with Crippen molar-refractivity contribution in [3.8, 4) is 11.5 Å². The second kappa shape index (κ2) is 9.32. The summed E-state index contributed by atoms with van der Waals surface area (Å²) in [6.45, 7) is 4.73. The van der Waals surface area contributed by atoms with Crippen LogP contribution in [0.1, 0.15) is 30.7 Å². The summed E-state index contributed by atoms with van der Waals surface area (Å²) in [5.74, 6) is 1.63. The first-order valence-corrected chi connectivity index (χ1v) is 11.1. The topological polar surface area (TPSA) is 82.8 Å². The SMILES string of the molecule is COc1cc(/C=c2/sc3nc(=O)c(Cc4ccccc4)nn3c2=O)ccc1OCC(C)C. The van der Waals surface area contributed by atoms with Crippen molar-refractivity contribution < 1.29 is 9.47 Å². The van der Waals surface area contributed by atoms with Gasteiger partial charge in [-0.3, -0.25) is 9.59 Å². The maximum Gasteiger partial charge on any atom is 0.296 e. The summed E-state index contributed by atoms with van der Waals surface area (Å²) in [5, 5.41) is 4.30. The third-order valence-electron chi connectivity index (χ3n) is 4.72. The zero-order chi connectivity index (χ0) is 22.7. The van der Waals surface area contributed by atoms with Crippen molar-refractivity contribution in [3.63, 3.8) is 0 Å². The van der Waals surface area contributed by atoms with Crippen molar-refractivity contribution in [1.82, 2.24) is 14.6 Å². The van der Waals surface area contributed by atoms with E-state index in [1.807, 2.05) is 48.5 Å². The normalized spacial score (nSPS) is 11.9. The second-order valence-electron chi connectivity index (χ2n) is 7.75. The third-order valence-corrected chi connectivity index (χ3v) is 5.68. The van der Waals surface area contributed by atoms with Crippen LogP contribution in [0.25, 0.3) is 11.0 Å². The van der Waals surface area contributed by atoms with Crippen LogP contribution in [0.15, 0.2) is 58.1 Å². The molecule has 2 heterocycles. The van der Waals surface area contributed by atoms with E-state index in [0.29, 0.717) is 35.0 Å². The first kappa shape index (κ1) is 21.7. The molecule has 2 aromatic heterocycles. The molecule has 8 heteroatoms. The van der Waals surface area contributed by atoms with E-state index in [-0.39, 0.29) is 16.2 Å². The summed E-state index contributed by atoms with van der Waals surface area (Å²) in [7, 11) is 1.58. The van der Waals surface area contributed by atoms with E-state index < -0.39 is 5.56 Å². The standard InChI is InChI=1S/C24H23N3O4S/c1-15(2)14-31-19-10-9-17(12-20(19)30-3)13-21-23(29)27-24(32-21)25-22(28)18(26-27)11-16-7-5-4-6-8-16/h4-10,12-13,15H,11,14H2,1-3H3/b21-13+. The van der Waals surface area contributed by atoms with E-state index in [0.717, 1.165) is 22.5 Å². The van der Waals surface area contributed by atoms with E-state index in [2.05, 4.69) is 23.9 Å². The molecule has 164 valence electrons. The summed E-state index contributed by atoms with van der Waals surface area (Å²) in [6, 6.07) is 15.0. The highest BCUT2D eigenvalue weighted by molar-refractivity contribution is 7.15. The molecule has 0 radical (unpaired) electrons. The molecule has 0 aliphatic carbocycles. The molecule has 4 rings (SSSR count). The minimum absolute atomic E-state index is 0.239. The number of hydrogen-bond acceptors (Lipinski definition) is 7. The minimum Gasteiger partial charge on any atom is -0.493 e. The lowest BCUT2D eigenvalue weighted by atomic mass is 10.1. The van der Waals surface area contributed by atoms with Crippen LogP contribution in [0.3, 0.4) is 0 Å². The highest BCUT2D eigenvalue weighted by Gasteiger charge is 2.12. The second-order valence-corrected chi connectivity index (χ2v) is 8.76. The Hall–Kier alpha value is -3.52. The molecule has 0 N–H and O–H groups in total. The Morgan fingerprint density at radius 1 is 1.09 bits per heavy atom. The van der Waals surface area contributed by atoms with Gasteiger partial charge in [-0.1, -0.05) is 61.6 Å². The molecule has 4 aromatic rings. The van der Waals surface area contributed by atoms with Crippen LogP contribution in [0.2, 0.25) is 0 Å². The monoisotopic (exact) mass is 449 g/mol. The lowest BCUT2D eigenvalue weighted by molar-refractivity contribution is 0.257. The summed E-state index contributed by atoms with van der Waals surface area (Å²) in [6.07, 6.45) is 2.05. The molecule has 0 fully saturated rings. The zero-order valence-corrected chi connectivity index (χ0v) is 18.9. The number of hydrogen-bond donors (Lipinski definition) is 0. The Balaban J connectivity index is 1.71. The van der Waals surface area contributed by atoms with Crippen molar-refractivity contribution in [2.45, 2.75) is 20.3 Å². The fourth-order valence-electron chi connectivity index (χ4n) is 3.14. The summed E-state index contributed by atoms with van der Waals surface area (Å²) >= 11 is 1.13. The molecule has 0 saturated heterocycles. The molecular formula is C24H23N3O4S. The number of ether oxygens (including phenoxy) is 2. The zero-order valence-electron chi connectivity index (χ0n) is 18.1. The van der Waals surface area contributed by atoms with Gasteiger partial charge >= 0.3 is 0 Å². The van der Waals surface area contributed by atoms with Crippen LogP contribution >= 0.6 is 11.3 Å². The van der Waals surface area contributed by atoms with Crippen LogP contribution in [-0.2, 0) is 6.42 Å². The first-order valence-electron chi connectivity index (χ1n) is 10.2. The number of methoxy groups -OCH3 is 1. The fraction of sp³-hybridized carbons (Fsp3) is 0.250. The Kier molecular flexibility index (Phi) is 6.32. The quantitative estimate of drug-likeness (QED) is 0.431. The van der Waals surface area contributed by atoms with Crippen molar-refractivity contribution in [2.75, 3.05) is 13.7 Å². The lowest BCUT2D eigenvalue weighted by Crippen LogP contribution is -2.28. The predicted molar refractivity (Wildman–Crippen MR) is 125 cm³/mol. The molecule has 0 aliphatic heterocycles. The largest absolute Gasteiger partial charge is 0.493 e. The Bertz CT molecular complexity index is 1410.